The zero-order chi connectivity index (χ0) is 10.5. The molecule has 0 amide bonds. The molecule has 0 aliphatic rings. The van der Waals surface area contributed by atoms with E-state index in [-0.39, 0.29) is 12.3 Å². The van der Waals surface area contributed by atoms with E-state index in [4.69, 9.17) is 5.53 Å². The van der Waals surface area contributed by atoms with Gasteiger partial charge in [-0.3, -0.25) is 0 Å². The SMILES string of the molecule is CC(C)(C)S(=O)(=O)CCCN=[N+]=[N-]. The van der Waals surface area contributed by atoms with Crippen LogP contribution in [-0.4, -0.2) is 25.5 Å². The minimum Gasteiger partial charge on any atom is -0.228 e. The van der Waals surface area contributed by atoms with Gasteiger partial charge in [-0.2, -0.15) is 0 Å². The van der Waals surface area contributed by atoms with Crippen LogP contribution in [0.25, 0.3) is 10.4 Å². The highest BCUT2D eigenvalue weighted by atomic mass is 32.2. The summed E-state index contributed by atoms with van der Waals surface area (Å²) in [5.41, 5.74) is 7.96. The first-order valence-electron chi connectivity index (χ1n) is 4.04. The van der Waals surface area contributed by atoms with Crippen LogP contribution in [0.2, 0.25) is 0 Å². The maximum atomic E-state index is 11.5. The van der Waals surface area contributed by atoms with Crippen LogP contribution < -0.4 is 0 Å². The summed E-state index contributed by atoms with van der Waals surface area (Å²) in [4.78, 5) is 2.55. The molecule has 0 N–H and O–H groups in total. The van der Waals surface area contributed by atoms with Crippen LogP contribution in [0.4, 0.5) is 0 Å². The zero-order valence-electron chi connectivity index (χ0n) is 8.19. The third-order valence-electron chi connectivity index (χ3n) is 1.67. The molecule has 0 fully saturated rings. The maximum Gasteiger partial charge on any atom is 0.155 e. The van der Waals surface area contributed by atoms with Gasteiger partial charge < -0.3 is 0 Å². The average Bonchev–Trinajstić information content (AvgIpc) is 1.96. The first-order valence-corrected chi connectivity index (χ1v) is 5.69. The van der Waals surface area contributed by atoms with E-state index in [9.17, 15) is 8.42 Å². The van der Waals surface area contributed by atoms with E-state index in [1.807, 2.05) is 0 Å². The molecule has 5 nitrogen and oxygen atoms in total. The summed E-state index contributed by atoms with van der Waals surface area (Å²) in [7, 11) is -3.06. The molecule has 0 atom stereocenters. The lowest BCUT2D eigenvalue weighted by Crippen LogP contribution is -2.30. The van der Waals surface area contributed by atoms with Gasteiger partial charge in [0.1, 0.15) is 0 Å². The van der Waals surface area contributed by atoms with Gasteiger partial charge in [0, 0.05) is 11.5 Å². The number of azide groups is 1. The van der Waals surface area contributed by atoms with Gasteiger partial charge in [-0.15, -0.1) is 0 Å². The summed E-state index contributed by atoms with van der Waals surface area (Å²) in [5.74, 6) is 0.0789. The van der Waals surface area contributed by atoms with Crippen LogP contribution in [0.5, 0.6) is 0 Å². The number of sulfone groups is 1. The summed E-state index contributed by atoms with van der Waals surface area (Å²) in [6.45, 7) is 5.23. The number of hydrogen-bond donors (Lipinski definition) is 0. The van der Waals surface area contributed by atoms with Crippen LogP contribution in [0.3, 0.4) is 0 Å². The van der Waals surface area contributed by atoms with E-state index in [1.54, 1.807) is 20.8 Å². The monoisotopic (exact) mass is 205 g/mol. The summed E-state index contributed by atoms with van der Waals surface area (Å²) < 4.78 is 22.2. The molecule has 0 aromatic rings. The number of nitrogens with zero attached hydrogens (tertiary/aromatic N) is 3. The quantitative estimate of drug-likeness (QED) is 0.304. The van der Waals surface area contributed by atoms with E-state index in [2.05, 4.69) is 10.0 Å². The first kappa shape index (κ1) is 12.3. The highest BCUT2D eigenvalue weighted by Gasteiger charge is 2.27. The van der Waals surface area contributed by atoms with Gasteiger partial charge >= 0.3 is 0 Å². The molecule has 0 bridgehead atoms. The van der Waals surface area contributed by atoms with Crippen molar-refractivity contribution < 1.29 is 8.42 Å². The largest absolute Gasteiger partial charge is 0.228 e. The molecular formula is C7H15N3O2S. The Morgan fingerprint density at radius 3 is 2.31 bits per heavy atom. The summed E-state index contributed by atoms with van der Waals surface area (Å²) in [6, 6.07) is 0. The van der Waals surface area contributed by atoms with E-state index in [0.29, 0.717) is 6.42 Å². The van der Waals surface area contributed by atoms with Crippen molar-refractivity contribution in [3.63, 3.8) is 0 Å². The Kier molecular flexibility index (Phi) is 4.23. The highest BCUT2D eigenvalue weighted by molar-refractivity contribution is 7.92. The zero-order valence-corrected chi connectivity index (χ0v) is 9.00. The van der Waals surface area contributed by atoms with Gasteiger partial charge in [0.2, 0.25) is 0 Å². The normalized spacial score (nSPS) is 12.2. The minimum absolute atomic E-state index is 0.0789. The summed E-state index contributed by atoms with van der Waals surface area (Å²) >= 11 is 0. The van der Waals surface area contributed by atoms with Crippen molar-refractivity contribution in [2.75, 3.05) is 12.3 Å². The Bertz CT molecular complexity index is 296. The fourth-order valence-electron chi connectivity index (χ4n) is 0.676. The van der Waals surface area contributed by atoms with Gasteiger partial charge in [-0.25, -0.2) is 8.42 Å². The van der Waals surface area contributed by atoms with Crippen molar-refractivity contribution >= 4 is 9.84 Å². The van der Waals surface area contributed by atoms with Crippen molar-refractivity contribution in [3.8, 4) is 0 Å². The van der Waals surface area contributed by atoms with E-state index in [1.165, 1.54) is 0 Å². The lowest BCUT2D eigenvalue weighted by molar-refractivity contribution is 0.558. The van der Waals surface area contributed by atoms with Gasteiger partial charge in [0.25, 0.3) is 0 Å². The van der Waals surface area contributed by atoms with Crippen LogP contribution in [0.1, 0.15) is 27.2 Å². The molecule has 0 aromatic heterocycles. The summed E-state index contributed by atoms with van der Waals surface area (Å²) in [5, 5.41) is 3.27. The van der Waals surface area contributed by atoms with Crippen LogP contribution in [0, 0.1) is 0 Å². The second kappa shape index (κ2) is 4.48. The third-order valence-corrected chi connectivity index (χ3v) is 4.36. The van der Waals surface area contributed by atoms with Crippen molar-refractivity contribution in [2.45, 2.75) is 31.9 Å². The smallest absolute Gasteiger partial charge is 0.155 e. The molecule has 0 unspecified atom stereocenters. The molecule has 13 heavy (non-hydrogen) atoms. The Labute approximate surface area is 78.7 Å². The summed E-state index contributed by atoms with van der Waals surface area (Å²) in [6.07, 6.45) is 0.393. The van der Waals surface area contributed by atoms with Crippen molar-refractivity contribution in [1.29, 1.82) is 0 Å². The topological polar surface area (TPSA) is 82.9 Å². The van der Waals surface area contributed by atoms with E-state index >= 15 is 0 Å². The Hall–Kier alpha value is -0.740. The van der Waals surface area contributed by atoms with Crippen LogP contribution >= 0.6 is 0 Å². The molecule has 0 saturated heterocycles. The molecule has 0 aromatic carbocycles. The Balaban J connectivity index is 4.14. The van der Waals surface area contributed by atoms with Crippen molar-refractivity contribution in [3.05, 3.63) is 10.4 Å². The van der Waals surface area contributed by atoms with Crippen molar-refractivity contribution in [2.24, 2.45) is 5.11 Å². The number of hydrogen-bond acceptors (Lipinski definition) is 3. The lowest BCUT2D eigenvalue weighted by atomic mass is 10.3. The van der Waals surface area contributed by atoms with Crippen LogP contribution in [-0.2, 0) is 9.84 Å². The first-order chi connectivity index (χ1) is 5.81. The van der Waals surface area contributed by atoms with Gasteiger partial charge in [-0.1, -0.05) is 5.11 Å². The van der Waals surface area contributed by atoms with Crippen molar-refractivity contribution in [1.82, 2.24) is 0 Å². The second-order valence-electron chi connectivity index (χ2n) is 3.74. The fraction of sp³-hybridized carbons (Fsp3) is 1.00. The maximum absolute atomic E-state index is 11.5. The molecule has 0 spiro atoms. The Morgan fingerprint density at radius 1 is 1.38 bits per heavy atom. The van der Waals surface area contributed by atoms with Gasteiger partial charge in [-0.05, 0) is 32.7 Å². The molecule has 0 aliphatic carbocycles. The Morgan fingerprint density at radius 2 is 1.92 bits per heavy atom. The van der Waals surface area contributed by atoms with Crippen LogP contribution in [0.15, 0.2) is 5.11 Å². The second-order valence-corrected chi connectivity index (χ2v) is 6.60. The molecule has 0 saturated carbocycles. The predicted octanol–water partition coefficient (Wildman–Crippen LogP) is 1.90. The molecular weight excluding hydrogens is 190 g/mol. The predicted molar refractivity (Wildman–Crippen MR) is 52.2 cm³/mol. The highest BCUT2D eigenvalue weighted by Crippen LogP contribution is 2.16. The average molecular weight is 205 g/mol. The molecule has 6 heteroatoms. The standard InChI is InChI=1S/C7H15N3O2S/c1-7(2,3)13(11,12)6-4-5-9-10-8/h4-6H2,1-3H3. The molecule has 0 radical (unpaired) electrons. The molecule has 76 valence electrons. The van der Waals surface area contributed by atoms with Gasteiger partial charge in [0.05, 0.1) is 10.5 Å². The van der Waals surface area contributed by atoms with E-state index in [0.717, 1.165) is 0 Å². The molecule has 0 aliphatic heterocycles. The minimum atomic E-state index is -3.06. The lowest BCUT2D eigenvalue weighted by Gasteiger charge is -2.18. The molecule has 0 rings (SSSR count). The third kappa shape index (κ3) is 4.15. The van der Waals surface area contributed by atoms with Gasteiger partial charge in [0.15, 0.2) is 9.84 Å². The fourth-order valence-corrected chi connectivity index (χ4v) is 1.80. The van der Waals surface area contributed by atoms with E-state index < -0.39 is 14.6 Å². The number of rotatable bonds is 4. The molecule has 0 heterocycles.